The van der Waals surface area contributed by atoms with E-state index in [9.17, 15) is 13.2 Å². The molecule has 1 fully saturated rings. The summed E-state index contributed by atoms with van der Waals surface area (Å²) in [5.74, 6) is -1.05. The lowest BCUT2D eigenvalue weighted by atomic mass is 10.4. The molecule has 0 aromatic carbocycles. The summed E-state index contributed by atoms with van der Waals surface area (Å²) in [6, 6.07) is 0. The first-order chi connectivity index (χ1) is 8.41. The van der Waals surface area contributed by atoms with Gasteiger partial charge in [-0.15, -0.1) is 0 Å². The largest absolute Gasteiger partial charge is 0.379 e. The van der Waals surface area contributed by atoms with Crippen LogP contribution in [0.25, 0.3) is 0 Å². The van der Waals surface area contributed by atoms with Gasteiger partial charge in [-0.3, -0.25) is 4.90 Å². The molecular weight excluding hydrogens is 282 g/mol. The molecule has 0 amide bonds. The van der Waals surface area contributed by atoms with Gasteiger partial charge in [0, 0.05) is 18.7 Å². The van der Waals surface area contributed by atoms with E-state index in [-0.39, 0.29) is 34.4 Å². The van der Waals surface area contributed by atoms with Crippen LogP contribution in [0.4, 0.5) is 0 Å². The number of carbonyl (C=O) groups is 1. The molecule has 0 N–H and O–H groups in total. The molecule has 1 rings (SSSR count). The second kappa shape index (κ2) is 8.91. The summed E-state index contributed by atoms with van der Waals surface area (Å²) < 4.78 is 32.5. The molecule has 6 nitrogen and oxygen atoms in total. The zero-order chi connectivity index (χ0) is 13.6. The minimum absolute atomic E-state index is 0. The van der Waals surface area contributed by atoms with Gasteiger partial charge in [0.2, 0.25) is 0 Å². The SMILES string of the molecule is C=C(C)C(=O)OS(=O)(=O)CCCN1CCOCC1.[MgH2]. The van der Waals surface area contributed by atoms with Crippen molar-refractivity contribution in [3.8, 4) is 0 Å². The number of hydrogen-bond donors (Lipinski definition) is 0. The van der Waals surface area contributed by atoms with Gasteiger partial charge in [0.25, 0.3) is 0 Å². The van der Waals surface area contributed by atoms with Crippen LogP contribution in [0.1, 0.15) is 13.3 Å². The Morgan fingerprint density at radius 3 is 2.47 bits per heavy atom. The first-order valence-corrected chi connectivity index (χ1v) is 7.40. The first-order valence-electron chi connectivity index (χ1n) is 5.83. The highest BCUT2D eigenvalue weighted by Gasteiger charge is 2.18. The van der Waals surface area contributed by atoms with Gasteiger partial charge in [0.1, 0.15) is 0 Å². The van der Waals surface area contributed by atoms with Crippen molar-refractivity contribution in [1.82, 2.24) is 4.90 Å². The summed E-state index contributed by atoms with van der Waals surface area (Å²) in [4.78, 5) is 13.2. The van der Waals surface area contributed by atoms with Crippen molar-refractivity contribution in [3.63, 3.8) is 0 Å². The summed E-state index contributed by atoms with van der Waals surface area (Å²) >= 11 is 0. The topological polar surface area (TPSA) is 72.9 Å². The molecule has 0 spiro atoms. The van der Waals surface area contributed by atoms with E-state index in [0.717, 1.165) is 13.1 Å². The maximum Gasteiger partial charge on any atom is 0.348 e. The molecule has 0 aliphatic carbocycles. The third-order valence-electron chi connectivity index (χ3n) is 2.52. The highest BCUT2D eigenvalue weighted by Crippen LogP contribution is 2.04. The van der Waals surface area contributed by atoms with Crippen LogP contribution < -0.4 is 0 Å². The van der Waals surface area contributed by atoms with E-state index in [1.54, 1.807) is 0 Å². The predicted molar refractivity (Wildman–Crippen MR) is 75.1 cm³/mol. The van der Waals surface area contributed by atoms with Gasteiger partial charge in [-0.25, -0.2) is 4.79 Å². The van der Waals surface area contributed by atoms with Crippen LogP contribution >= 0.6 is 0 Å². The number of carbonyl (C=O) groups excluding carboxylic acids is 1. The van der Waals surface area contributed by atoms with E-state index in [4.69, 9.17) is 4.74 Å². The van der Waals surface area contributed by atoms with E-state index >= 15 is 0 Å². The molecule has 1 saturated heterocycles. The van der Waals surface area contributed by atoms with Crippen LogP contribution in [0.5, 0.6) is 0 Å². The van der Waals surface area contributed by atoms with E-state index in [2.05, 4.69) is 15.7 Å². The van der Waals surface area contributed by atoms with Crippen LogP contribution in [-0.4, -0.2) is 80.9 Å². The van der Waals surface area contributed by atoms with E-state index in [1.165, 1.54) is 6.92 Å². The molecule has 0 aromatic rings. The Hall–Kier alpha value is -0.154. The zero-order valence-corrected chi connectivity index (χ0v) is 11.4. The molecule has 0 unspecified atom stereocenters. The third kappa shape index (κ3) is 7.88. The van der Waals surface area contributed by atoms with Crippen molar-refractivity contribution < 1.29 is 22.1 Å². The Kier molecular flexibility index (Phi) is 8.83. The quantitative estimate of drug-likeness (QED) is 0.365. The lowest BCUT2D eigenvalue weighted by molar-refractivity contribution is -0.129. The second-order valence-corrected chi connectivity index (χ2v) is 5.91. The maximum absolute atomic E-state index is 11.5. The zero-order valence-electron chi connectivity index (χ0n) is 10.6. The van der Waals surface area contributed by atoms with Gasteiger partial charge < -0.3 is 8.92 Å². The molecule has 1 aliphatic rings. The Morgan fingerprint density at radius 2 is 1.95 bits per heavy atom. The van der Waals surface area contributed by atoms with Crippen molar-refractivity contribution in [2.75, 3.05) is 38.6 Å². The van der Waals surface area contributed by atoms with Crippen molar-refractivity contribution in [2.24, 2.45) is 0 Å². The van der Waals surface area contributed by atoms with Crippen LogP contribution in [0, 0.1) is 0 Å². The average molecular weight is 304 g/mol. The van der Waals surface area contributed by atoms with Gasteiger partial charge in [0.15, 0.2) is 0 Å². The molecule has 0 radical (unpaired) electrons. The minimum atomic E-state index is -3.79. The van der Waals surface area contributed by atoms with Crippen molar-refractivity contribution in [2.45, 2.75) is 13.3 Å². The Bertz CT molecular complexity index is 403. The van der Waals surface area contributed by atoms with Crippen molar-refractivity contribution in [1.29, 1.82) is 0 Å². The Labute approximate surface area is 130 Å². The minimum Gasteiger partial charge on any atom is -0.379 e. The molecule has 19 heavy (non-hydrogen) atoms. The Morgan fingerprint density at radius 1 is 1.37 bits per heavy atom. The molecule has 0 aromatic heterocycles. The number of hydrogen-bond acceptors (Lipinski definition) is 6. The fraction of sp³-hybridized carbons (Fsp3) is 0.727. The number of rotatable bonds is 6. The van der Waals surface area contributed by atoms with Crippen LogP contribution in [0.2, 0.25) is 0 Å². The molecule has 1 aliphatic heterocycles. The lowest BCUT2D eigenvalue weighted by Crippen LogP contribution is -2.37. The number of nitrogens with zero attached hydrogens (tertiary/aromatic N) is 1. The lowest BCUT2D eigenvalue weighted by Gasteiger charge is -2.26. The maximum atomic E-state index is 11.5. The summed E-state index contributed by atoms with van der Waals surface area (Å²) in [5.41, 5.74) is 0.0757. The fourth-order valence-corrected chi connectivity index (χ4v) is 2.46. The van der Waals surface area contributed by atoms with Gasteiger partial charge in [0.05, 0.1) is 19.0 Å². The molecule has 1 heterocycles. The van der Waals surface area contributed by atoms with Gasteiger partial charge >= 0.3 is 39.1 Å². The summed E-state index contributed by atoms with van der Waals surface area (Å²) in [6.45, 7) is 8.38. The molecular formula is C11H21MgNO5S. The van der Waals surface area contributed by atoms with Gasteiger partial charge in [-0.2, -0.15) is 8.42 Å². The molecule has 0 atom stereocenters. The van der Waals surface area contributed by atoms with E-state index < -0.39 is 16.1 Å². The number of ether oxygens (including phenoxy) is 1. The fourth-order valence-electron chi connectivity index (χ4n) is 1.52. The van der Waals surface area contributed by atoms with Crippen LogP contribution in [0.3, 0.4) is 0 Å². The monoisotopic (exact) mass is 303 g/mol. The van der Waals surface area contributed by atoms with Crippen LogP contribution in [-0.2, 0) is 23.8 Å². The Balaban J connectivity index is 0.00000324. The van der Waals surface area contributed by atoms with Crippen LogP contribution in [0.15, 0.2) is 12.2 Å². The van der Waals surface area contributed by atoms with E-state index in [1.807, 2.05) is 0 Å². The van der Waals surface area contributed by atoms with Gasteiger partial charge in [-0.1, -0.05) is 6.58 Å². The second-order valence-electron chi connectivity index (χ2n) is 4.22. The van der Waals surface area contributed by atoms with E-state index in [0.29, 0.717) is 26.2 Å². The molecule has 0 saturated carbocycles. The van der Waals surface area contributed by atoms with Gasteiger partial charge in [-0.05, 0) is 19.9 Å². The smallest absolute Gasteiger partial charge is 0.348 e. The number of morpholine rings is 1. The normalized spacial score (nSPS) is 16.5. The molecule has 0 bridgehead atoms. The highest BCUT2D eigenvalue weighted by atomic mass is 32.2. The molecule has 8 heteroatoms. The predicted octanol–water partition coefficient (Wildman–Crippen LogP) is -0.758. The molecule has 108 valence electrons. The summed E-state index contributed by atoms with van der Waals surface area (Å²) in [7, 11) is -3.79. The summed E-state index contributed by atoms with van der Waals surface area (Å²) in [5, 5.41) is 0. The average Bonchev–Trinajstić information content (AvgIpc) is 2.29. The standard InChI is InChI=1S/C11H19NO5S.Mg.2H/c1-10(2)11(13)17-18(14,15)9-3-4-12-5-7-16-8-6-12;;;/h1,3-9H2,2H3;;;. The third-order valence-corrected chi connectivity index (χ3v) is 3.72. The van der Waals surface area contributed by atoms with Crippen molar-refractivity contribution >= 4 is 39.1 Å². The first kappa shape index (κ1) is 18.8. The summed E-state index contributed by atoms with van der Waals surface area (Å²) in [6.07, 6.45) is 0.436. The van der Waals surface area contributed by atoms with Crippen molar-refractivity contribution in [3.05, 3.63) is 12.2 Å². The highest BCUT2D eigenvalue weighted by molar-refractivity contribution is 7.87.